The molecule has 0 aliphatic carbocycles. The van der Waals surface area contributed by atoms with E-state index in [4.69, 9.17) is 17.2 Å². The van der Waals surface area contributed by atoms with E-state index in [2.05, 4.69) is 26.6 Å². The van der Waals surface area contributed by atoms with Gasteiger partial charge in [0, 0.05) is 6.42 Å². The van der Waals surface area contributed by atoms with Gasteiger partial charge in [0.2, 0.25) is 41.4 Å². The Bertz CT molecular complexity index is 1180. The van der Waals surface area contributed by atoms with Crippen molar-refractivity contribution in [3.63, 3.8) is 0 Å². The Morgan fingerprint density at radius 1 is 0.700 bits per heavy atom. The molecule has 0 rings (SSSR count). The molecule has 0 aliphatic heterocycles. The van der Waals surface area contributed by atoms with E-state index in [1.54, 1.807) is 41.5 Å². The summed E-state index contributed by atoms with van der Waals surface area (Å²) >= 11 is 0. The summed E-state index contributed by atoms with van der Waals surface area (Å²) < 4.78 is 0. The van der Waals surface area contributed by atoms with Gasteiger partial charge in [-0.2, -0.15) is 0 Å². The Morgan fingerprint density at radius 2 is 1.22 bits per heavy atom. The molecular weight excluding hydrogens is 660 g/mol. The van der Waals surface area contributed by atoms with Gasteiger partial charge in [0.1, 0.15) is 24.2 Å². The molecule has 0 saturated carbocycles. The molecule has 0 fully saturated rings. The van der Waals surface area contributed by atoms with Crippen LogP contribution in [0.15, 0.2) is 0 Å². The topological polar surface area (TPSA) is 339 Å². The molecule has 0 saturated heterocycles. The van der Waals surface area contributed by atoms with E-state index in [0.29, 0.717) is 6.42 Å². The number of aliphatic hydroxyl groups excluding tert-OH is 1. The van der Waals surface area contributed by atoms with Crippen LogP contribution in [0.4, 0.5) is 0 Å². The summed E-state index contributed by atoms with van der Waals surface area (Å²) in [5, 5.41) is 54.3. The Hall–Kier alpha value is -3.91. The second kappa shape index (κ2) is 21.3. The number of carboxylic acid groups (broad SMARTS) is 1. The lowest BCUT2D eigenvalue weighted by atomic mass is 9.97. The predicted octanol–water partition coefficient (Wildman–Crippen LogP) is -3.41. The molecule has 0 aromatic heterocycles. The summed E-state index contributed by atoms with van der Waals surface area (Å²) in [7, 11) is 0. The van der Waals surface area contributed by atoms with Crippen molar-refractivity contribution in [3.05, 3.63) is 0 Å². The van der Waals surface area contributed by atoms with Gasteiger partial charge in [0.15, 0.2) is 0 Å². The summed E-state index contributed by atoms with van der Waals surface area (Å²) in [5.41, 5.74) is 16.1. The van der Waals surface area contributed by atoms with Gasteiger partial charge in [-0.15, -0.1) is 0 Å². The summed E-state index contributed by atoms with van der Waals surface area (Å²) in [5.74, 6) is -10.8. The fraction of sp³-hybridized carbons (Fsp3) is 0.774. The smallest absolute Gasteiger partial charge is 0.326 e. The number of carboxylic acids is 1. The average Bonchev–Trinajstić information content (AvgIpc) is 2.97. The number of amides is 6. The van der Waals surface area contributed by atoms with Gasteiger partial charge >= 0.3 is 5.97 Å². The highest BCUT2D eigenvalue weighted by atomic mass is 16.5. The van der Waals surface area contributed by atoms with Crippen LogP contribution in [0.25, 0.3) is 0 Å². The molecule has 0 aliphatic rings. The summed E-state index contributed by atoms with van der Waals surface area (Å²) in [6, 6.07) is -8.85. The van der Waals surface area contributed by atoms with E-state index in [-0.39, 0.29) is 37.5 Å². The number of aliphatic hydroxyl groups is 3. The number of primary amides is 2. The van der Waals surface area contributed by atoms with Gasteiger partial charge in [-0.1, -0.05) is 48.0 Å². The Balaban J connectivity index is 6.31. The maximum absolute atomic E-state index is 13.4. The first-order valence-electron chi connectivity index (χ1n) is 16.6. The maximum Gasteiger partial charge on any atom is 0.326 e. The number of carbonyl (C=O) groups excluding carboxylic acids is 6. The van der Waals surface area contributed by atoms with E-state index < -0.39 is 102 Å². The van der Waals surface area contributed by atoms with Crippen LogP contribution in [0.1, 0.15) is 87.0 Å². The monoisotopic (exact) mass is 718 g/mol. The van der Waals surface area contributed by atoms with Gasteiger partial charge in [-0.3, -0.25) is 34.1 Å². The molecule has 0 spiro atoms. The molecular formula is C31H58N8O11. The summed E-state index contributed by atoms with van der Waals surface area (Å²) in [4.78, 5) is 87.1. The standard InChI is InChI=1S/C31H58N8O11/c1-8-16(6)24(30(47)48)38-27(44)19(9-10-22(33)41)35-29(46)25(17(7)40)39-31(49,50)21(12-15(4)5)37-28(45)20(11-14(2)3)36-26(43)18(32)13-23(34)42/h14-21,24-25,39-40,49-50H,8-13,32H2,1-7H3,(H2,33,41)(H2,34,42)(H,35,46)(H,36,43)(H,37,45)(H,38,44)(H,47,48)/t16-,17+,18-,19-,20-,21-,24-,25-/m0/s1. The first-order valence-corrected chi connectivity index (χ1v) is 16.6. The normalized spacial score (nSPS) is 16.6. The lowest BCUT2D eigenvalue weighted by Gasteiger charge is -2.38. The third-order valence-corrected chi connectivity index (χ3v) is 7.83. The molecule has 0 bridgehead atoms. The van der Waals surface area contributed by atoms with E-state index in [1.807, 2.05) is 0 Å². The Kier molecular flexibility index (Phi) is 19.7. The predicted molar refractivity (Wildman–Crippen MR) is 180 cm³/mol. The van der Waals surface area contributed by atoms with E-state index in [1.165, 1.54) is 0 Å². The number of hydrogen-bond donors (Lipinski definition) is 12. The number of nitrogens with one attached hydrogen (secondary N) is 5. The molecule has 0 aromatic carbocycles. The van der Waals surface area contributed by atoms with E-state index in [0.717, 1.165) is 6.92 Å². The average molecular weight is 719 g/mol. The maximum atomic E-state index is 13.4. The summed E-state index contributed by atoms with van der Waals surface area (Å²) in [6.45, 7) is 11.4. The van der Waals surface area contributed by atoms with Gasteiger partial charge in [0.05, 0.1) is 24.6 Å². The molecule has 0 unspecified atom stereocenters. The highest BCUT2D eigenvalue weighted by Crippen LogP contribution is 2.17. The van der Waals surface area contributed by atoms with Crippen LogP contribution >= 0.6 is 0 Å². The fourth-order valence-corrected chi connectivity index (χ4v) is 4.85. The molecule has 0 radical (unpaired) electrons. The number of hydrogen-bond acceptors (Lipinski definition) is 12. The van der Waals surface area contributed by atoms with Crippen molar-refractivity contribution in [2.75, 3.05) is 0 Å². The molecule has 8 atom stereocenters. The molecule has 288 valence electrons. The van der Waals surface area contributed by atoms with Crippen LogP contribution < -0.4 is 43.8 Å². The number of rotatable bonds is 24. The molecule has 19 nitrogen and oxygen atoms in total. The van der Waals surface area contributed by atoms with Crippen molar-refractivity contribution in [2.45, 2.75) is 135 Å². The van der Waals surface area contributed by atoms with E-state index >= 15 is 0 Å². The van der Waals surface area contributed by atoms with Crippen molar-refractivity contribution in [1.29, 1.82) is 0 Å². The third kappa shape index (κ3) is 16.7. The van der Waals surface area contributed by atoms with Gasteiger partial charge in [-0.05, 0) is 43.9 Å². The zero-order valence-corrected chi connectivity index (χ0v) is 29.9. The fourth-order valence-electron chi connectivity index (χ4n) is 4.85. The van der Waals surface area contributed by atoms with Crippen LogP contribution in [0, 0.1) is 17.8 Å². The minimum Gasteiger partial charge on any atom is -0.480 e. The third-order valence-electron chi connectivity index (χ3n) is 7.83. The van der Waals surface area contributed by atoms with E-state index in [9.17, 15) is 54.0 Å². The summed E-state index contributed by atoms with van der Waals surface area (Å²) in [6.07, 6.45) is -2.49. The minimum atomic E-state index is -3.09. The molecule has 0 heterocycles. The zero-order chi connectivity index (χ0) is 39.1. The lowest BCUT2D eigenvalue weighted by Crippen LogP contribution is -2.69. The number of nitrogens with two attached hydrogens (primary N) is 3. The SMILES string of the molecule is CC[C@H](C)[C@H](NC(=O)[C@H](CCC(N)=O)NC(=O)[C@@H](NC(O)(O)[C@H](CC(C)C)NC(=O)[C@H](CC(C)C)NC(=O)[C@@H](N)CC(N)=O)[C@@H](C)O)C(=O)O. The molecule has 15 N–H and O–H groups in total. The van der Waals surface area contributed by atoms with Crippen LogP contribution in [0.2, 0.25) is 0 Å². The zero-order valence-electron chi connectivity index (χ0n) is 29.9. The Morgan fingerprint density at radius 3 is 1.66 bits per heavy atom. The Labute approximate surface area is 292 Å². The lowest BCUT2D eigenvalue weighted by molar-refractivity contribution is -0.219. The first-order chi connectivity index (χ1) is 22.9. The van der Waals surface area contributed by atoms with Crippen molar-refractivity contribution in [1.82, 2.24) is 26.6 Å². The molecule has 0 aromatic rings. The second-order valence-electron chi connectivity index (χ2n) is 13.5. The number of carbonyl (C=O) groups is 7. The van der Waals surface area contributed by atoms with Crippen LogP contribution in [0.3, 0.4) is 0 Å². The first kappa shape index (κ1) is 46.1. The highest BCUT2D eigenvalue weighted by Gasteiger charge is 2.43. The van der Waals surface area contributed by atoms with Crippen LogP contribution in [-0.4, -0.2) is 110 Å². The van der Waals surface area contributed by atoms with Gasteiger partial charge in [-0.25, -0.2) is 4.79 Å². The quantitative estimate of drug-likeness (QED) is 0.0434. The van der Waals surface area contributed by atoms with Crippen molar-refractivity contribution >= 4 is 41.4 Å². The largest absolute Gasteiger partial charge is 0.480 e. The van der Waals surface area contributed by atoms with Crippen molar-refractivity contribution < 1.29 is 54.0 Å². The van der Waals surface area contributed by atoms with Crippen LogP contribution in [-0.2, 0) is 33.6 Å². The van der Waals surface area contributed by atoms with Crippen molar-refractivity contribution in [3.8, 4) is 0 Å². The van der Waals surface area contributed by atoms with Crippen molar-refractivity contribution in [2.24, 2.45) is 35.0 Å². The van der Waals surface area contributed by atoms with Gasteiger partial charge in [0.25, 0.3) is 0 Å². The highest BCUT2D eigenvalue weighted by molar-refractivity contribution is 5.93. The number of aliphatic carboxylic acids is 1. The molecule has 6 amide bonds. The van der Waals surface area contributed by atoms with Crippen LogP contribution in [0.5, 0.6) is 0 Å². The van der Waals surface area contributed by atoms with Gasteiger partial charge < -0.3 is 58.9 Å². The second-order valence-corrected chi connectivity index (χ2v) is 13.5. The minimum absolute atomic E-state index is 0.0831. The molecule has 19 heteroatoms. The molecule has 50 heavy (non-hydrogen) atoms.